The molecule has 6 heteroatoms. The molecule has 0 amide bonds. The zero-order chi connectivity index (χ0) is 13.1. The molecule has 0 saturated heterocycles. The summed E-state index contributed by atoms with van der Waals surface area (Å²) in [6.45, 7) is -0.0110. The molecule has 0 aliphatic carbocycles. The average Bonchev–Trinajstić information content (AvgIpc) is 2.34. The Kier molecular flexibility index (Phi) is 3.47. The van der Waals surface area contributed by atoms with E-state index in [4.69, 9.17) is 10.5 Å². The highest BCUT2D eigenvalue weighted by Gasteiger charge is 2.11. The number of aromatic nitrogens is 1. The van der Waals surface area contributed by atoms with Crippen LogP contribution in [0.25, 0.3) is 0 Å². The summed E-state index contributed by atoms with van der Waals surface area (Å²) in [5.41, 5.74) is 5.69. The standard InChI is InChI=1S/C12H9F3N2O/c13-8-1-2-11(10(15)4-8)18-12-7(5-16)3-9(14)6-17-12/h1-4,6H,5,16H2. The predicted octanol–water partition coefficient (Wildman–Crippen LogP) is 2.75. The molecule has 0 aliphatic heterocycles. The van der Waals surface area contributed by atoms with E-state index in [0.29, 0.717) is 11.6 Å². The summed E-state index contributed by atoms with van der Waals surface area (Å²) < 4.78 is 44.1. The second-order valence-electron chi connectivity index (χ2n) is 3.50. The molecular formula is C12H9F3N2O. The Bertz CT molecular complexity index is 575. The summed E-state index contributed by atoms with van der Waals surface area (Å²) in [5.74, 6) is -2.37. The minimum Gasteiger partial charge on any atom is -0.436 e. The van der Waals surface area contributed by atoms with E-state index >= 15 is 0 Å². The molecule has 94 valence electrons. The maximum Gasteiger partial charge on any atom is 0.224 e. The monoisotopic (exact) mass is 254 g/mol. The predicted molar refractivity (Wildman–Crippen MR) is 58.5 cm³/mol. The van der Waals surface area contributed by atoms with Crippen LogP contribution in [0.15, 0.2) is 30.5 Å². The summed E-state index contributed by atoms with van der Waals surface area (Å²) in [5, 5.41) is 0. The van der Waals surface area contributed by atoms with Gasteiger partial charge in [0.1, 0.15) is 11.6 Å². The Labute approximate surface area is 101 Å². The van der Waals surface area contributed by atoms with Crippen molar-refractivity contribution >= 4 is 0 Å². The molecule has 1 heterocycles. The van der Waals surface area contributed by atoms with Gasteiger partial charge in [-0.05, 0) is 18.2 Å². The van der Waals surface area contributed by atoms with Crippen LogP contribution >= 0.6 is 0 Å². The smallest absolute Gasteiger partial charge is 0.224 e. The fourth-order valence-corrected chi connectivity index (χ4v) is 1.37. The van der Waals surface area contributed by atoms with Crippen LogP contribution in [-0.2, 0) is 6.54 Å². The van der Waals surface area contributed by atoms with Crippen molar-refractivity contribution in [2.24, 2.45) is 5.73 Å². The fourth-order valence-electron chi connectivity index (χ4n) is 1.37. The third-order valence-electron chi connectivity index (χ3n) is 2.21. The third-order valence-corrected chi connectivity index (χ3v) is 2.21. The summed E-state index contributed by atoms with van der Waals surface area (Å²) in [6, 6.07) is 3.99. The number of rotatable bonds is 3. The van der Waals surface area contributed by atoms with Crippen molar-refractivity contribution < 1.29 is 17.9 Å². The van der Waals surface area contributed by atoms with E-state index in [1.54, 1.807) is 0 Å². The maximum absolute atomic E-state index is 13.4. The Balaban J connectivity index is 2.33. The van der Waals surface area contributed by atoms with E-state index in [-0.39, 0.29) is 18.2 Å². The van der Waals surface area contributed by atoms with Gasteiger partial charge in [-0.2, -0.15) is 0 Å². The van der Waals surface area contributed by atoms with Crippen LogP contribution in [-0.4, -0.2) is 4.98 Å². The minimum atomic E-state index is -0.871. The molecule has 2 N–H and O–H groups in total. The molecule has 0 fully saturated rings. The Morgan fingerprint density at radius 3 is 2.56 bits per heavy atom. The number of benzene rings is 1. The molecular weight excluding hydrogens is 245 g/mol. The van der Waals surface area contributed by atoms with E-state index in [0.717, 1.165) is 24.4 Å². The van der Waals surface area contributed by atoms with Gasteiger partial charge in [0.15, 0.2) is 11.6 Å². The summed E-state index contributed by atoms with van der Waals surface area (Å²) in [7, 11) is 0. The van der Waals surface area contributed by atoms with Gasteiger partial charge in [0.05, 0.1) is 6.20 Å². The van der Waals surface area contributed by atoms with Crippen LogP contribution in [0.3, 0.4) is 0 Å². The molecule has 2 rings (SSSR count). The molecule has 0 atom stereocenters. The first-order valence-corrected chi connectivity index (χ1v) is 5.07. The van der Waals surface area contributed by atoms with Crippen molar-refractivity contribution in [1.29, 1.82) is 0 Å². The SMILES string of the molecule is NCc1cc(F)cnc1Oc1ccc(F)cc1F. The van der Waals surface area contributed by atoms with Gasteiger partial charge in [0.25, 0.3) is 0 Å². The topological polar surface area (TPSA) is 48.1 Å². The Morgan fingerprint density at radius 2 is 1.89 bits per heavy atom. The first-order chi connectivity index (χ1) is 8.60. The first kappa shape index (κ1) is 12.4. The Hall–Kier alpha value is -2.08. The number of halogens is 3. The van der Waals surface area contributed by atoms with Gasteiger partial charge >= 0.3 is 0 Å². The summed E-state index contributed by atoms with van der Waals surface area (Å²) >= 11 is 0. The van der Waals surface area contributed by atoms with E-state index < -0.39 is 17.5 Å². The number of nitrogens with two attached hydrogens (primary N) is 1. The van der Waals surface area contributed by atoms with Gasteiger partial charge in [-0.15, -0.1) is 0 Å². The minimum absolute atomic E-state index is 0.00981. The molecule has 0 spiro atoms. The number of nitrogens with zero attached hydrogens (tertiary/aromatic N) is 1. The van der Waals surface area contributed by atoms with Crippen LogP contribution in [0.1, 0.15) is 5.56 Å². The molecule has 0 bridgehead atoms. The number of ether oxygens (including phenoxy) is 1. The molecule has 18 heavy (non-hydrogen) atoms. The largest absolute Gasteiger partial charge is 0.436 e. The lowest BCUT2D eigenvalue weighted by Gasteiger charge is -2.09. The lowest BCUT2D eigenvalue weighted by Crippen LogP contribution is -2.02. The van der Waals surface area contributed by atoms with Crippen LogP contribution in [0, 0.1) is 17.5 Å². The zero-order valence-electron chi connectivity index (χ0n) is 9.16. The lowest BCUT2D eigenvalue weighted by molar-refractivity contribution is 0.416. The van der Waals surface area contributed by atoms with Gasteiger partial charge in [-0.3, -0.25) is 0 Å². The highest BCUT2D eigenvalue weighted by atomic mass is 19.1. The lowest BCUT2D eigenvalue weighted by atomic mass is 10.2. The van der Waals surface area contributed by atoms with Crippen LogP contribution in [0.4, 0.5) is 13.2 Å². The van der Waals surface area contributed by atoms with Crippen molar-refractivity contribution in [1.82, 2.24) is 4.98 Å². The summed E-state index contributed by atoms with van der Waals surface area (Å²) in [6.07, 6.45) is 0.927. The van der Waals surface area contributed by atoms with E-state index in [1.165, 1.54) is 0 Å². The normalized spacial score (nSPS) is 10.4. The molecule has 1 aromatic heterocycles. The Morgan fingerprint density at radius 1 is 1.11 bits per heavy atom. The highest BCUT2D eigenvalue weighted by molar-refractivity contribution is 5.33. The zero-order valence-corrected chi connectivity index (χ0v) is 9.16. The third kappa shape index (κ3) is 2.60. The van der Waals surface area contributed by atoms with Crippen molar-refractivity contribution in [2.75, 3.05) is 0 Å². The van der Waals surface area contributed by atoms with Gasteiger partial charge in [0.2, 0.25) is 5.88 Å². The van der Waals surface area contributed by atoms with Gasteiger partial charge in [0, 0.05) is 18.2 Å². The molecule has 0 aliphatic rings. The molecule has 1 aromatic carbocycles. The number of hydrogen-bond acceptors (Lipinski definition) is 3. The second kappa shape index (κ2) is 5.05. The van der Waals surface area contributed by atoms with E-state index in [2.05, 4.69) is 4.98 Å². The van der Waals surface area contributed by atoms with Crippen LogP contribution in [0.5, 0.6) is 11.6 Å². The van der Waals surface area contributed by atoms with Gasteiger partial charge in [-0.1, -0.05) is 0 Å². The molecule has 3 nitrogen and oxygen atoms in total. The fraction of sp³-hybridized carbons (Fsp3) is 0.0833. The number of pyridine rings is 1. The van der Waals surface area contributed by atoms with Crippen LogP contribution in [0.2, 0.25) is 0 Å². The van der Waals surface area contributed by atoms with Crippen molar-refractivity contribution in [3.8, 4) is 11.6 Å². The van der Waals surface area contributed by atoms with E-state index in [9.17, 15) is 13.2 Å². The van der Waals surface area contributed by atoms with Gasteiger partial charge in [-0.25, -0.2) is 18.2 Å². The van der Waals surface area contributed by atoms with Crippen LogP contribution < -0.4 is 10.5 Å². The molecule has 0 unspecified atom stereocenters. The summed E-state index contributed by atoms with van der Waals surface area (Å²) in [4.78, 5) is 3.67. The number of hydrogen-bond donors (Lipinski definition) is 1. The first-order valence-electron chi connectivity index (χ1n) is 5.07. The molecule has 2 aromatic rings. The van der Waals surface area contributed by atoms with E-state index in [1.807, 2.05) is 0 Å². The molecule has 0 saturated carbocycles. The molecule has 0 radical (unpaired) electrons. The average molecular weight is 254 g/mol. The van der Waals surface area contributed by atoms with Gasteiger partial charge < -0.3 is 10.5 Å². The van der Waals surface area contributed by atoms with Crippen molar-refractivity contribution in [3.05, 3.63) is 53.5 Å². The highest BCUT2D eigenvalue weighted by Crippen LogP contribution is 2.26. The maximum atomic E-state index is 13.4. The van der Waals surface area contributed by atoms with Crippen molar-refractivity contribution in [2.45, 2.75) is 6.54 Å². The van der Waals surface area contributed by atoms with Crippen molar-refractivity contribution in [3.63, 3.8) is 0 Å². The quantitative estimate of drug-likeness (QED) is 0.916. The second-order valence-corrected chi connectivity index (χ2v) is 3.50.